The molecule has 0 saturated heterocycles. The van der Waals surface area contributed by atoms with Crippen molar-refractivity contribution in [3.8, 4) is 0 Å². The predicted octanol–water partition coefficient (Wildman–Crippen LogP) is 5.82. The lowest BCUT2D eigenvalue weighted by Crippen LogP contribution is -2.26. The van der Waals surface area contributed by atoms with E-state index in [9.17, 15) is 9.59 Å². The summed E-state index contributed by atoms with van der Waals surface area (Å²) in [5, 5.41) is 5.93. The second kappa shape index (κ2) is 13.5. The Morgan fingerprint density at radius 1 is 1.11 bits per heavy atom. The van der Waals surface area contributed by atoms with Crippen molar-refractivity contribution in [2.45, 2.75) is 53.6 Å². The summed E-state index contributed by atoms with van der Waals surface area (Å²) < 4.78 is 0. The van der Waals surface area contributed by atoms with Crippen LogP contribution in [0, 0.1) is 0 Å². The molecule has 0 spiro atoms. The number of carbonyl (C=O) groups excluding carboxylic acids is 2. The van der Waals surface area contributed by atoms with Gasteiger partial charge in [0.15, 0.2) is 0 Å². The molecule has 0 bridgehead atoms. The number of benzene rings is 2. The van der Waals surface area contributed by atoms with Crippen LogP contribution in [0.3, 0.4) is 0 Å². The molecule has 37 heavy (non-hydrogen) atoms. The zero-order chi connectivity index (χ0) is 26.8. The summed E-state index contributed by atoms with van der Waals surface area (Å²) in [6.45, 7) is 10.1. The third-order valence-electron chi connectivity index (χ3n) is 6.16. The zero-order valence-electron chi connectivity index (χ0n) is 22.6. The van der Waals surface area contributed by atoms with Crippen molar-refractivity contribution in [2.75, 3.05) is 18.9 Å². The first-order valence-electron chi connectivity index (χ1n) is 12.8. The van der Waals surface area contributed by atoms with E-state index in [2.05, 4.69) is 39.7 Å². The molecule has 0 unspecified atom stereocenters. The highest BCUT2D eigenvalue weighted by molar-refractivity contribution is 6.04. The highest BCUT2D eigenvalue weighted by Crippen LogP contribution is 2.22. The number of allylic oxidation sites excluding steroid dienone is 5. The van der Waals surface area contributed by atoms with Gasteiger partial charge in [0.25, 0.3) is 11.8 Å². The van der Waals surface area contributed by atoms with Crippen molar-refractivity contribution < 1.29 is 9.59 Å². The van der Waals surface area contributed by atoms with Crippen LogP contribution < -0.4 is 10.6 Å². The van der Waals surface area contributed by atoms with Crippen LogP contribution in [0.2, 0.25) is 0 Å². The van der Waals surface area contributed by atoms with Crippen LogP contribution in [-0.2, 0) is 24.3 Å². The van der Waals surface area contributed by atoms with Crippen molar-refractivity contribution in [3.05, 3.63) is 100 Å². The van der Waals surface area contributed by atoms with Gasteiger partial charge in [-0.1, -0.05) is 48.9 Å². The number of nitrogens with one attached hydrogen (secondary N) is 2. The van der Waals surface area contributed by atoms with E-state index in [1.807, 2.05) is 57.2 Å². The Labute approximate surface area is 220 Å². The van der Waals surface area contributed by atoms with Gasteiger partial charge < -0.3 is 15.5 Å². The van der Waals surface area contributed by atoms with Gasteiger partial charge in [-0.2, -0.15) is 0 Å². The first kappa shape index (κ1) is 27.8. The zero-order valence-corrected chi connectivity index (χ0v) is 22.6. The van der Waals surface area contributed by atoms with E-state index in [0.717, 1.165) is 42.9 Å². The van der Waals surface area contributed by atoms with Crippen LogP contribution >= 0.6 is 0 Å². The van der Waals surface area contributed by atoms with E-state index in [4.69, 9.17) is 0 Å². The molecule has 3 rings (SSSR count). The third-order valence-corrected chi connectivity index (χ3v) is 6.16. The maximum Gasteiger partial charge on any atom is 0.269 e. The molecule has 194 valence electrons. The number of fused-ring (bicyclic) bond motifs is 1. The van der Waals surface area contributed by atoms with Gasteiger partial charge in [-0.25, -0.2) is 4.99 Å². The van der Waals surface area contributed by atoms with Gasteiger partial charge in [-0.3, -0.25) is 9.59 Å². The summed E-state index contributed by atoms with van der Waals surface area (Å²) in [5.74, 6) is -0.426. The number of anilines is 1. The van der Waals surface area contributed by atoms with E-state index in [0.29, 0.717) is 17.8 Å². The molecular formula is C31H38N4O2. The summed E-state index contributed by atoms with van der Waals surface area (Å²) in [6.07, 6.45) is 9.33. The first-order valence-corrected chi connectivity index (χ1v) is 12.8. The molecule has 2 aromatic rings. The molecule has 1 aliphatic rings. The number of nitrogens with zero attached hydrogens (tertiary/aromatic N) is 2. The van der Waals surface area contributed by atoms with Gasteiger partial charge in [0.05, 0.1) is 0 Å². The molecule has 0 aromatic heterocycles. The number of carbonyl (C=O) groups is 2. The average Bonchev–Trinajstić information content (AvgIpc) is 2.89. The van der Waals surface area contributed by atoms with Crippen molar-refractivity contribution >= 4 is 23.2 Å². The Hall–Kier alpha value is -3.77. The first-order chi connectivity index (χ1) is 17.8. The van der Waals surface area contributed by atoms with Gasteiger partial charge >= 0.3 is 0 Å². The highest BCUT2D eigenvalue weighted by atomic mass is 16.2. The van der Waals surface area contributed by atoms with Crippen LogP contribution in [0.4, 0.5) is 5.69 Å². The summed E-state index contributed by atoms with van der Waals surface area (Å²) in [5.41, 5.74) is 7.16. The molecule has 1 heterocycles. The molecule has 0 radical (unpaired) electrons. The second-order valence-corrected chi connectivity index (χ2v) is 9.54. The van der Waals surface area contributed by atoms with Crippen molar-refractivity contribution in [3.63, 3.8) is 0 Å². The van der Waals surface area contributed by atoms with Gasteiger partial charge in [0.2, 0.25) is 0 Å². The Morgan fingerprint density at radius 2 is 1.92 bits per heavy atom. The molecule has 2 N–H and O–H groups in total. The van der Waals surface area contributed by atoms with Crippen molar-refractivity contribution in [1.82, 2.24) is 10.2 Å². The molecule has 2 aromatic carbocycles. The number of hydrogen-bond donors (Lipinski definition) is 2. The monoisotopic (exact) mass is 498 g/mol. The number of likely N-dealkylation sites (N-methyl/N-ethyl adjacent to an activating group) is 1. The van der Waals surface area contributed by atoms with Gasteiger partial charge in [0, 0.05) is 36.6 Å². The number of aliphatic imine (C=N–C) groups is 1. The molecule has 6 nitrogen and oxygen atoms in total. The Balaban J connectivity index is 1.62. The second-order valence-electron chi connectivity index (χ2n) is 9.54. The Morgan fingerprint density at radius 3 is 2.65 bits per heavy atom. The average molecular weight is 499 g/mol. The van der Waals surface area contributed by atoms with Crippen LogP contribution in [0.5, 0.6) is 0 Å². The molecule has 0 fully saturated rings. The maximum absolute atomic E-state index is 12.9. The molecular weight excluding hydrogens is 460 g/mol. The van der Waals surface area contributed by atoms with Crippen LogP contribution in [0.25, 0.3) is 0 Å². The minimum absolute atomic E-state index is 0.174. The minimum Gasteiger partial charge on any atom is -0.347 e. The van der Waals surface area contributed by atoms with Crippen molar-refractivity contribution in [2.24, 2.45) is 4.99 Å². The smallest absolute Gasteiger partial charge is 0.269 e. The summed E-state index contributed by atoms with van der Waals surface area (Å²) in [6, 6.07) is 13.4. The van der Waals surface area contributed by atoms with E-state index >= 15 is 0 Å². The lowest BCUT2D eigenvalue weighted by molar-refractivity contribution is -0.117. The van der Waals surface area contributed by atoms with Crippen LogP contribution in [0.15, 0.2) is 83.0 Å². The summed E-state index contributed by atoms with van der Waals surface area (Å²) >= 11 is 0. The largest absolute Gasteiger partial charge is 0.347 e. The van der Waals surface area contributed by atoms with Crippen LogP contribution in [0.1, 0.15) is 61.2 Å². The number of rotatable bonds is 9. The maximum atomic E-state index is 12.9. The summed E-state index contributed by atoms with van der Waals surface area (Å²) in [7, 11) is 2.11. The predicted molar refractivity (Wildman–Crippen MR) is 153 cm³/mol. The lowest BCUT2D eigenvalue weighted by atomic mass is 9.99. The molecule has 0 aliphatic carbocycles. The molecule has 1 aliphatic heterocycles. The fourth-order valence-electron chi connectivity index (χ4n) is 4.06. The quantitative estimate of drug-likeness (QED) is 0.260. The third kappa shape index (κ3) is 8.40. The Bertz CT molecular complexity index is 1250. The van der Waals surface area contributed by atoms with E-state index in [1.54, 1.807) is 25.1 Å². The van der Waals surface area contributed by atoms with Crippen molar-refractivity contribution in [1.29, 1.82) is 0 Å². The van der Waals surface area contributed by atoms with E-state index in [1.165, 1.54) is 16.7 Å². The molecule has 0 saturated carbocycles. The minimum atomic E-state index is -0.252. The highest BCUT2D eigenvalue weighted by Gasteiger charge is 2.15. The molecule has 2 amide bonds. The topological polar surface area (TPSA) is 73.8 Å². The number of hydrogen-bond acceptors (Lipinski definition) is 4. The SMILES string of the molecule is C\C=C(/N=C(/C=C\C=C(C)C)CC)C(=O)NCc1cccc(C(=O)Nc2ccc3c(c2)CN(C)CC3)c1. The lowest BCUT2D eigenvalue weighted by Gasteiger charge is -2.25. The summed E-state index contributed by atoms with van der Waals surface area (Å²) in [4.78, 5) is 32.5. The van der Waals surface area contributed by atoms with Gasteiger partial charge in [-0.05, 0) is 87.7 Å². The van der Waals surface area contributed by atoms with Crippen LogP contribution in [-0.4, -0.2) is 36.0 Å². The van der Waals surface area contributed by atoms with Gasteiger partial charge in [-0.15, -0.1) is 0 Å². The fourth-order valence-corrected chi connectivity index (χ4v) is 4.06. The van der Waals surface area contributed by atoms with E-state index in [-0.39, 0.29) is 11.8 Å². The number of amides is 2. The van der Waals surface area contributed by atoms with E-state index < -0.39 is 0 Å². The normalized spacial score (nSPS) is 14.3. The molecule has 6 heteroatoms. The fraction of sp³-hybridized carbons (Fsp3) is 0.323. The standard InChI is InChI=1S/C31H38N4O2/c1-6-27(13-8-10-22(3)4)33-29(7-2)31(37)32-20-23-11-9-12-25(18-23)30(36)34-28-15-14-24-16-17-35(5)21-26(24)19-28/h7-15,18-19H,6,16-17,20-21H2,1-5H3,(H,32,37)(H,34,36)/b13-8-,29-7-,33-27+. The molecule has 0 atom stereocenters. The van der Waals surface area contributed by atoms with Gasteiger partial charge in [0.1, 0.15) is 5.70 Å². The Kier molecular flexibility index (Phi) is 10.2.